The maximum Gasteiger partial charge on any atom is 0.158 e. The van der Waals surface area contributed by atoms with Crippen molar-refractivity contribution in [2.24, 2.45) is 4.99 Å². The molecule has 2 aliphatic rings. The van der Waals surface area contributed by atoms with Crippen molar-refractivity contribution >= 4 is 58.4 Å². The number of halogens is 3. The molecule has 5 rings (SSSR count). The third kappa shape index (κ3) is 5.54. The summed E-state index contributed by atoms with van der Waals surface area (Å²) in [5, 5.41) is 5.77. The highest BCUT2D eigenvalue weighted by Crippen LogP contribution is 2.38. The summed E-state index contributed by atoms with van der Waals surface area (Å²) in [5.41, 5.74) is 4.12. The van der Waals surface area contributed by atoms with Gasteiger partial charge < -0.3 is 10.2 Å². The number of amidine groups is 1. The number of hydrogen-bond donors (Lipinski definition) is 1. The minimum absolute atomic E-state index is 0. The number of rotatable bonds is 4. The van der Waals surface area contributed by atoms with E-state index in [4.69, 9.17) is 9.98 Å². The number of aromatic nitrogens is 1. The van der Waals surface area contributed by atoms with E-state index in [1.165, 1.54) is 5.56 Å². The van der Waals surface area contributed by atoms with E-state index < -0.39 is 0 Å². The minimum Gasteiger partial charge on any atom is -0.352 e. The number of hydrogen-bond acceptors (Lipinski definition) is 6. The molecule has 0 spiro atoms. The van der Waals surface area contributed by atoms with Crippen LogP contribution < -0.4 is 5.32 Å². The van der Waals surface area contributed by atoms with Crippen molar-refractivity contribution in [2.45, 2.75) is 32.2 Å². The van der Waals surface area contributed by atoms with Gasteiger partial charge in [-0.2, -0.15) is 0 Å². The normalized spacial score (nSPS) is 17.3. The van der Waals surface area contributed by atoms with Gasteiger partial charge >= 0.3 is 0 Å². The largest absolute Gasteiger partial charge is 0.352 e. The SMILES string of the molecule is CCc1nc2c(s1)Nc1ccccc1N=C2N1CCN(C)[C@@H](CCc2ccc(F)cc2)C1.Cl.Cl. The Balaban J connectivity index is 0.00000162. The number of thiazole rings is 1. The average Bonchev–Trinajstić information content (AvgIpc) is 3.15. The first kappa shape index (κ1) is 26.4. The number of anilines is 2. The van der Waals surface area contributed by atoms with Crippen molar-refractivity contribution in [3.8, 4) is 0 Å². The Morgan fingerprint density at radius 2 is 1.85 bits per heavy atom. The van der Waals surface area contributed by atoms with Gasteiger partial charge in [-0.1, -0.05) is 31.2 Å². The molecule has 182 valence electrons. The van der Waals surface area contributed by atoms with Crippen LogP contribution in [-0.4, -0.2) is 53.3 Å². The Hall–Kier alpha value is -2.19. The number of aliphatic imine (C=N–C) groups is 1. The van der Waals surface area contributed by atoms with Crippen LogP contribution in [0.25, 0.3) is 0 Å². The highest BCUT2D eigenvalue weighted by molar-refractivity contribution is 7.16. The fourth-order valence-electron chi connectivity index (χ4n) is 4.37. The fourth-order valence-corrected chi connectivity index (χ4v) is 5.28. The van der Waals surface area contributed by atoms with Crippen LogP contribution in [0.3, 0.4) is 0 Å². The molecule has 1 N–H and O–H groups in total. The van der Waals surface area contributed by atoms with E-state index in [1.54, 1.807) is 23.5 Å². The molecule has 5 nitrogen and oxygen atoms in total. The van der Waals surface area contributed by atoms with Crippen LogP contribution >= 0.6 is 36.2 Å². The van der Waals surface area contributed by atoms with E-state index in [9.17, 15) is 4.39 Å². The van der Waals surface area contributed by atoms with Crippen molar-refractivity contribution in [3.05, 3.63) is 70.6 Å². The zero-order valence-corrected chi connectivity index (χ0v) is 21.8. The number of nitrogens with one attached hydrogen (secondary N) is 1. The maximum absolute atomic E-state index is 13.2. The first-order valence-corrected chi connectivity index (χ1v) is 12.1. The van der Waals surface area contributed by atoms with Gasteiger partial charge in [0.1, 0.15) is 16.5 Å². The highest BCUT2D eigenvalue weighted by Gasteiger charge is 2.31. The lowest BCUT2D eigenvalue weighted by Crippen LogP contribution is -2.53. The van der Waals surface area contributed by atoms with Gasteiger partial charge in [0.25, 0.3) is 0 Å². The molecule has 3 heterocycles. The second-order valence-corrected chi connectivity index (χ2v) is 9.55. The van der Waals surface area contributed by atoms with Crippen molar-refractivity contribution in [1.29, 1.82) is 0 Å². The quantitative estimate of drug-likeness (QED) is 0.452. The van der Waals surface area contributed by atoms with Gasteiger partial charge in [-0.15, -0.1) is 36.2 Å². The Morgan fingerprint density at radius 3 is 2.62 bits per heavy atom. The summed E-state index contributed by atoms with van der Waals surface area (Å²) in [6.45, 7) is 4.94. The standard InChI is InChI=1S/C25H28FN5S.2ClH/c1-3-22-29-23-24(27-20-6-4-5-7-21(20)28-25(23)32-22)31-15-14-30(2)19(16-31)13-10-17-8-11-18(26)12-9-17;;/h4-9,11-12,19,28H,3,10,13-16H2,1-2H3;2*1H/t19-;;/m0../s1. The molecular weight excluding hydrogens is 492 g/mol. The van der Waals surface area contributed by atoms with E-state index in [0.29, 0.717) is 6.04 Å². The Bertz CT molecular complexity index is 1130. The summed E-state index contributed by atoms with van der Waals surface area (Å²) in [6, 6.07) is 15.5. The van der Waals surface area contributed by atoms with Crippen LogP contribution in [0.5, 0.6) is 0 Å². The van der Waals surface area contributed by atoms with Crippen molar-refractivity contribution in [3.63, 3.8) is 0 Å². The van der Waals surface area contributed by atoms with Crippen molar-refractivity contribution in [1.82, 2.24) is 14.8 Å². The molecule has 34 heavy (non-hydrogen) atoms. The molecule has 2 aliphatic heterocycles. The molecule has 3 aromatic rings. The summed E-state index contributed by atoms with van der Waals surface area (Å²) in [6.07, 6.45) is 2.87. The molecule has 1 atom stereocenters. The summed E-state index contributed by atoms with van der Waals surface area (Å²) < 4.78 is 13.2. The zero-order chi connectivity index (χ0) is 22.1. The molecule has 0 unspecified atom stereocenters. The van der Waals surface area contributed by atoms with Gasteiger partial charge in [0.2, 0.25) is 0 Å². The monoisotopic (exact) mass is 521 g/mol. The molecule has 1 aromatic heterocycles. The van der Waals surface area contributed by atoms with Crippen LogP contribution in [0.4, 0.5) is 20.8 Å². The number of likely N-dealkylation sites (N-methyl/N-ethyl adjacent to an activating group) is 1. The topological polar surface area (TPSA) is 43.8 Å². The van der Waals surface area contributed by atoms with Gasteiger partial charge in [-0.25, -0.2) is 14.4 Å². The van der Waals surface area contributed by atoms with Gasteiger partial charge in [0.15, 0.2) is 5.84 Å². The van der Waals surface area contributed by atoms with Crippen molar-refractivity contribution in [2.75, 3.05) is 32.0 Å². The second-order valence-electron chi connectivity index (χ2n) is 8.46. The second kappa shape index (κ2) is 11.5. The third-order valence-electron chi connectivity index (χ3n) is 6.32. The maximum atomic E-state index is 13.2. The van der Waals surface area contributed by atoms with Crippen LogP contribution in [-0.2, 0) is 12.8 Å². The van der Waals surface area contributed by atoms with Gasteiger partial charge in [0, 0.05) is 25.7 Å². The number of fused-ring (bicyclic) bond motifs is 2. The van der Waals surface area contributed by atoms with E-state index in [2.05, 4.69) is 41.2 Å². The first-order chi connectivity index (χ1) is 15.6. The third-order valence-corrected chi connectivity index (χ3v) is 7.44. The lowest BCUT2D eigenvalue weighted by Gasteiger charge is -2.40. The number of benzene rings is 2. The lowest BCUT2D eigenvalue weighted by atomic mass is 10.0. The van der Waals surface area contributed by atoms with Gasteiger partial charge in [-0.05, 0) is 56.1 Å². The molecule has 0 amide bonds. The Morgan fingerprint density at radius 1 is 1.09 bits per heavy atom. The van der Waals surface area contributed by atoms with E-state index in [-0.39, 0.29) is 30.6 Å². The van der Waals surface area contributed by atoms with E-state index >= 15 is 0 Å². The first-order valence-electron chi connectivity index (χ1n) is 11.2. The predicted octanol–water partition coefficient (Wildman–Crippen LogP) is 6.07. The van der Waals surface area contributed by atoms with Crippen LogP contribution in [0.1, 0.15) is 29.6 Å². The Kier molecular flexibility index (Phi) is 8.93. The van der Waals surface area contributed by atoms with Crippen LogP contribution in [0.2, 0.25) is 0 Å². The molecule has 0 aliphatic carbocycles. The average molecular weight is 523 g/mol. The molecule has 1 fully saturated rings. The molecule has 2 aromatic carbocycles. The summed E-state index contributed by atoms with van der Waals surface area (Å²) in [5.74, 6) is 0.786. The molecule has 9 heteroatoms. The number of piperazine rings is 1. The van der Waals surface area contributed by atoms with E-state index in [0.717, 1.165) is 71.8 Å². The van der Waals surface area contributed by atoms with Crippen LogP contribution in [0.15, 0.2) is 53.5 Å². The predicted molar refractivity (Wildman–Crippen MR) is 145 cm³/mol. The number of aryl methyl sites for hydroxylation is 2. The summed E-state index contributed by atoms with van der Waals surface area (Å²) in [4.78, 5) is 14.9. The Labute approximate surface area is 216 Å². The van der Waals surface area contributed by atoms with Crippen molar-refractivity contribution < 1.29 is 4.39 Å². The number of para-hydroxylation sites is 2. The molecule has 0 bridgehead atoms. The van der Waals surface area contributed by atoms with E-state index in [1.807, 2.05) is 24.3 Å². The molecule has 0 radical (unpaired) electrons. The minimum atomic E-state index is -0.180. The smallest absolute Gasteiger partial charge is 0.158 e. The lowest BCUT2D eigenvalue weighted by molar-refractivity contribution is 0.134. The highest BCUT2D eigenvalue weighted by atomic mass is 35.5. The molecule has 1 saturated heterocycles. The number of nitrogens with zero attached hydrogens (tertiary/aromatic N) is 4. The zero-order valence-electron chi connectivity index (χ0n) is 19.3. The summed E-state index contributed by atoms with van der Waals surface area (Å²) in [7, 11) is 2.20. The van der Waals surface area contributed by atoms with Crippen LogP contribution in [0, 0.1) is 5.82 Å². The van der Waals surface area contributed by atoms with Gasteiger partial charge in [-0.3, -0.25) is 4.90 Å². The van der Waals surface area contributed by atoms with Gasteiger partial charge in [0.05, 0.1) is 16.4 Å². The molecular formula is C25H30Cl2FN5S. The molecule has 0 saturated carbocycles. The fraction of sp³-hybridized carbons (Fsp3) is 0.360. The summed E-state index contributed by atoms with van der Waals surface area (Å²) >= 11 is 1.72.